The summed E-state index contributed by atoms with van der Waals surface area (Å²) in [6.45, 7) is 3.80. The van der Waals surface area contributed by atoms with E-state index in [0.717, 1.165) is 31.2 Å². The summed E-state index contributed by atoms with van der Waals surface area (Å²) in [7, 11) is 1.50. The normalized spacial score (nSPS) is 17.9. The smallest absolute Gasteiger partial charge is 0.261 e. The maximum Gasteiger partial charge on any atom is 0.261 e. The van der Waals surface area contributed by atoms with Gasteiger partial charge in [-0.3, -0.25) is 4.79 Å². The van der Waals surface area contributed by atoms with Gasteiger partial charge in [-0.2, -0.15) is 0 Å². The molecular formula is C14H18ClNO3S. The molecule has 0 unspecified atom stereocenters. The van der Waals surface area contributed by atoms with Gasteiger partial charge in [-0.15, -0.1) is 0 Å². The highest BCUT2D eigenvalue weighted by atomic mass is 35.7. The molecule has 1 aliphatic carbocycles. The van der Waals surface area contributed by atoms with Gasteiger partial charge in [0.1, 0.15) is 0 Å². The number of rotatable bonds is 3. The standard InChI is InChI=1S/C14H18ClNO3S/c1-10-5-6-11(20(15,18)19)9-12(10)13(17)16-14(2)7-3-4-8-14/h5-6,9H,3-4,7-8H2,1-2H3,(H,16,17). The molecule has 0 atom stereocenters. The number of hydrogen-bond acceptors (Lipinski definition) is 3. The maximum absolute atomic E-state index is 12.4. The van der Waals surface area contributed by atoms with E-state index in [2.05, 4.69) is 5.32 Å². The van der Waals surface area contributed by atoms with Crippen LogP contribution in [0, 0.1) is 6.92 Å². The highest BCUT2D eigenvalue weighted by Gasteiger charge is 2.31. The van der Waals surface area contributed by atoms with Crippen LogP contribution in [0.15, 0.2) is 23.1 Å². The van der Waals surface area contributed by atoms with Gasteiger partial charge in [0.2, 0.25) is 0 Å². The van der Waals surface area contributed by atoms with Crippen molar-refractivity contribution in [1.29, 1.82) is 0 Å². The third-order valence-electron chi connectivity index (χ3n) is 3.86. The van der Waals surface area contributed by atoms with Crippen molar-refractivity contribution in [1.82, 2.24) is 5.32 Å². The Kier molecular flexibility index (Phi) is 4.12. The molecule has 1 N–H and O–H groups in total. The highest BCUT2D eigenvalue weighted by Crippen LogP contribution is 2.29. The minimum absolute atomic E-state index is 0.0495. The fraction of sp³-hybridized carbons (Fsp3) is 0.500. The molecule has 20 heavy (non-hydrogen) atoms. The molecule has 0 spiro atoms. The molecule has 0 bridgehead atoms. The fourth-order valence-corrected chi connectivity index (χ4v) is 3.40. The molecule has 1 aromatic rings. The Labute approximate surface area is 123 Å². The molecule has 2 rings (SSSR count). The van der Waals surface area contributed by atoms with Crippen LogP contribution in [0.3, 0.4) is 0 Å². The van der Waals surface area contributed by atoms with Gasteiger partial charge >= 0.3 is 0 Å². The van der Waals surface area contributed by atoms with Gasteiger partial charge in [-0.1, -0.05) is 18.9 Å². The summed E-state index contributed by atoms with van der Waals surface area (Å²) in [6.07, 6.45) is 4.11. The summed E-state index contributed by atoms with van der Waals surface area (Å²) in [6, 6.07) is 4.35. The molecule has 1 aliphatic rings. The van der Waals surface area contributed by atoms with Gasteiger partial charge < -0.3 is 5.32 Å². The zero-order valence-electron chi connectivity index (χ0n) is 11.6. The average molecular weight is 316 g/mol. The van der Waals surface area contributed by atoms with E-state index in [1.807, 2.05) is 6.92 Å². The SMILES string of the molecule is Cc1ccc(S(=O)(=O)Cl)cc1C(=O)NC1(C)CCCC1. The molecule has 1 fully saturated rings. The zero-order valence-corrected chi connectivity index (χ0v) is 13.1. The van der Waals surface area contributed by atoms with Gasteiger partial charge in [-0.25, -0.2) is 8.42 Å². The maximum atomic E-state index is 12.4. The molecule has 1 aromatic carbocycles. The van der Waals surface area contributed by atoms with Gasteiger partial charge in [0.25, 0.3) is 15.0 Å². The Bertz CT molecular complexity index is 634. The monoisotopic (exact) mass is 315 g/mol. The first kappa shape index (κ1) is 15.3. The van der Waals surface area contributed by atoms with Crippen molar-refractivity contribution in [2.24, 2.45) is 0 Å². The average Bonchev–Trinajstić information content (AvgIpc) is 2.74. The first-order valence-corrected chi connectivity index (χ1v) is 8.90. The van der Waals surface area contributed by atoms with E-state index in [1.54, 1.807) is 13.0 Å². The molecule has 6 heteroatoms. The van der Waals surface area contributed by atoms with Gasteiger partial charge in [0.15, 0.2) is 0 Å². The summed E-state index contributed by atoms with van der Waals surface area (Å²) >= 11 is 0. The van der Waals surface area contributed by atoms with E-state index in [9.17, 15) is 13.2 Å². The van der Waals surface area contributed by atoms with E-state index in [0.29, 0.717) is 5.56 Å². The molecule has 0 saturated heterocycles. The lowest BCUT2D eigenvalue weighted by Crippen LogP contribution is -2.43. The molecule has 1 amide bonds. The lowest BCUT2D eigenvalue weighted by atomic mass is 9.99. The van der Waals surface area contributed by atoms with E-state index >= 15 is 0 Å². The van der Waals surface area contributed by atoms with Crippen molar-refractivity contribution in [3.8, 4) is 0 Å². The van der Waals surface area contributed by atoms with E-state index in [4.69, 9.17) is 10.7 Å². The zero-order chi connectivity index (χ0) is 15.0. The fourth-order valence-electron chi connectivity index (χ4n) is 2.62. The number of amides is 1. The third kappa shape index (κ3) is 3.33. The number of nitrogens with one attached hydrogen (secondary N) is 1. The molecule has 0 aromatic heterocycles. The Hall–Kier alpha value is -1.07. The van der Waals surface area contributed by atoms with Crippen molar-refractivity contribution < 1.29 is 13.2 Å². The predicted molar refractivity (Wildman–Crippen MR) is 78.6 cm³/mol. The number of carbonyl (C=O) groups excluding carboxylic acids is 1. The van der Waals surface area contributed by atoms with Crippen LogP contribution < -0.4 is 5.32 Å². The Morgan fingerprint density at radius 2 is 1.90 bits per heavy atom. The van der Waals surface area contributed by atoms with E-state index < -0.39 is 9.05 Å². The van der Waals surface area contributed by atoms with Crippen LogP contribution in [-0.2, 0) is 9.05 Å². The number of benzene rings is 1. The second-order valence-electron chi connectivity index (χ2n) is 5.64. The summed E-state index contributed by atoms with van der Waals surface area (Å²) < 4.78 is 22.7. The van der Waals surface area contributed by atoms with Gasteiger partial charge in [0.05, 0.1) is 4.90 Å². The van der Waals surface area contributed by atoms with Gasteiger partial charge in [-0.05, 0) is 44.4 Å². The van der Waals surface area contributed by atoms with Crippen LogP contribution in [0.5, 0.6) is 0 Å². The molecule has 1 saturated carbocycles. The topological polar surface area (TPSA) is 63.2 Å². The molecular weight excluding hydrogens is 298 g/mol. The number of carbonyl (C=O) groups is 1. The van der Waals surface area contributed by atoms with Crippen LogP contribution in [-0.4, -0.2) is 19.9 Å². The van der Waals surface area contributed by atoms with Crippen LogP contribution in [0.2, 0.25) is 0 Å². The number of aryl methyl sites for hydroxylation is 1. The van der Waals surface area contributed by atoms with Crippen molar-refractivity contribution in [2.45, 2.75) is 50.0 Å². The second-order valence-corrected chi connectivity index (χ2v) is 8.20. The molecule has 0 radical (unpaired) electrons. The summed E-state index contributed by atoms with van der Waals surface area (Å²) in [4.78, 5) is 12.3. The minimum atomic E-state index is -3.83. The Morgan fingerprint density at radius 3 is 2.45 bits per heavy atom. The largest absolute Gasteiger partial charge is 0.347 e. The van der Waals surface area contributed by atoms with Crippen LogP contribution >= 0.6 is 10.7 Å². The van der Waals surface area contributed by atoms with Crippen molar-refractivity contribution in [3.05, 3.63) is 29.3 Å². The predicted octanol–water partition coefficient (Wildman–Crippen LogP) is 2.99. The highest BCUT2D eigenvalue weighted by molar-refractivity contribution is 8.13. The first-order valence-electron chi connectivity index (χ1n) is 6.59. The number of halogens is 1. The van der Waals surface area contributed by atoms with Crippen molar-refractivity contribution >= 4 is 25.6 Å². The second kappa shape index (κ2) is 5.37. The summed E-state index contributed by atoms with van der Waals surface area (Å²) in [5, 5.41) is 3.01. The van der Waals surface area contributed by atoms with Crippen molar-refractivity contribution in [2.75, 3.05) is 0 Å². The Morgan fingerprint density at radius 1 is 1.30 bits per heavy atom. The first-order chi connectivity index (χ1) is 9.21. The number of hydrogen-bond donors (Lipinski definition) is 1. The molecule has 0 heterocycles. The molecule has 110 valence electrons. The quantitative estimate of drug-likeness (QED) is 0.872. The third-order valence-corrected chi connectivity index (χ3v) is 5.21. The molecule has 4 nitrogen and oxygen atoms in total. The van der Waals surface area contributed by atoms with E-state index in [1.165, 1.54) is 12.1 Å². The minimum Gasteiger partial charge on any atom is -0.347 e. The van der Waals surface area contributed by atoms with Crippen LogP contribution in [0.1, 0.15) is 48.5 Å². The van der Waals surface area contributed by atoms with Gasteiger partial charge in [0, 0.05) is 21.8 Å². The lowest BCUT2D eigenvalue weighted by molar-refractivity contribution is 0.0907. The summed E-state index contributed by atoms with van der Waals surface area (Å²) in [5.41, 5.74) is 0.896. The van der Waals surface area contributed by atoms with Crippen LogP contribution in [0.25, 0.3) is 0 Å². The molecule has 0 aliphatic heterocycles. The summed E-state index contributed by atoms with van der Waals surface area (Å²) in [5.74, 6) is -0.242. The lowest BCUT2D eigenvalue weighted by Gasteiger charge is -2.25. The van der Waals surface area contributed by atoms with Crippen molar-refractivity contribution in [3.63, 3.8) is 0 Å². The van der Waals surface area contributed by atoms with E-state index in [-0.39, 0.29) is 16.3 Å². The Balaban J connectivity index is 2.30. The van der Waals surface area contributed by atoms with Crippen LogP contribution in [0.4, 0.5) is 0 Å².